The second-order valence-corrected chi connectivity index (χ2v) is 6.95. The van der Waals surface area contributed by atoms with Gasteiger partial charge in [0.15, 0.2) is 5.96 Å². The summed E-state index contributed by atoms with van der Waals surface area (Å²) in [5, 5.41) is 11.0. The predicted octanol–water partition coefficient (Wildman–Crippen LogP) is 2.93. The van der Waals surface area contributed by atoms with Crippen molar-refractivity contribution in [2.45, 2.75) is 40.8 Å². The van der Waals surface area contributed by atoms with Crippen LogP contribution in [0.15, 0.2) is 35.6 Å². The lowest BCUT2D eigenvalue weighted by atomic mass is 10.2. The van der Waals surface area contributed by atoms with E-state index in [9.17, 15) is 4.39 Å². The van der Waals surface area contributed by atoms with Crippen molar-refractivity contribution < 1.29 is 4.39 Å². The van der Waals surface area contributed by atoms with Crippen LogP contribution < -0.4 is 10.6 Å². The molecule has 0 aliphatic carbocycles. The Morgan fingerprint density at radius 1 is 1.21 bits per heavy atom. The largest absolute Gasteiger partial charge is 0.357 e. The first-order chi connectivity index (χ1) is 13.9. The molecule has 0 aliphatic rings. The number of benzene rings is 1. The van der Waals surface area contributed by atoms with Crippen molar-refractivity contribution in [3.8, 4) is 5.69 Å². The van der Waals surface area contributed by atoms with E-state index in [2.05, 4.69) is 25.7 Å². The molecule has 0 unspecified atom stereocenters. The first kappa shape index (κ1) is 20.6. The van der Waals surface area contributed by atoms with Gasteiger partial charge in [-0.1, -0.05) is 6.07 Å². The van der Waals surface area contributed by atoms with E-state index in [0.29, 0.717) is 24.7 Å². The van der Waals surface area contributed by atoms with Gasteiger partial charge in [0.25, 0.3) is 0 Å². The molecular weight excluding hydrogens is 369 g/mol. The summed E-state index contributed by atoms with van der Waals surface area (Å²) in [5.41, 5.74) is 4.57. The summed E-state index contributed by atoms with van der Waals surface area (Å²) in [4.78, 5) is 8.75. The van der Waals surface area contributed by atoms with E-state index in [1.807, 2.05) is 45.5 Å². The fourth-order valence-electron chi connectivity index (χ4n) is 3.23. The zero-order valence-electron chi connectivity index (χ0n) is 17.6. The summed E-state index contributed by atoms with van der Waals surface area (Å²) in [5.74, 6) is 1.14. The Balaban J connectivity index is 1.71. The molecule has 154 valence electrons. The van der Waals surface area contributed by atoms with Crippen molar-refractivity contribution in [1.82, 2.24) is 30.0 Å². The molecule has 0 saturated heterocycles. The summed E-state index contributed by atoms with van der Waals surface area (Å²) in [6.45, 7) is 9.65. The van der Waals surface area contributed by atoms with Gasteiger partial charge in [-0.3, -0.25) is 4.68 Å². The van der Waals surface area contributed by atoms with Crippen molar-refractivity contribution in [3.05, 3.63) is 64.7 Å². The van der Waals surface area contributed by atoms with Crippen LogP contribution in [-0.4, -0.2) is 31.8 Å². The molecule has 7 nitrogen and oxygen atoms in total. The van der Waals surface area contributed by atoms with E-state index < -0.39 is 0 Å². The molecule has 0 spiro atoms. The zero-order chi connectivity index (χ0) is 21.0. The van der Waals surface area contributed by atoms with Crippen molar-refractivity contribution >= 4 is 5.96 Å². The van der Waals surface area contributed by atoms with E-state index in [4.69, 9.17) is 0 Å². The number of nitrogens with one attached hydrogen (secondary N) is 2. The highest BCUT2D eigenvalue weighted by molar-refractivity contribution is 5.79. The second-order valence-electron chi connectivity index (χ2n) is 6.95. The van der Waals surface area contributed by atoms with Gasteiger partial charge in [0, 0.05) is 43.8 Å². The van der Waals surface area contributed by atoms with Crippen molar-refractivity contribution in [2.75, 3.05) is 6.54 Å². The highest BCUT2D eigenvalue weighted by atomic mass is 19.1. The van der Waals surface area contributed by atoms with Gasteiger partial charge in [0.2, 0.25) is 0 Å². The van der Waals surface area contributed by atoms with Crippen LogP contribution in [0.3, 0.4) is 0 Å². The summed E-state index contributed by atoms with van der Waals surface area (Å²) in [6, 6.07) is 5.18. The fourth-order valence-corrected chi connectivity index (χ4v) is 3.23. The molecule has 29 heavy (non-hydrogen) atoms. The number of nitrogens with zero attached hydrogens (tertiary/aromatic N) is 5. The van der Waals surface area contributed by atoms with Crippen LogP contribution in [-0.2, 0) is 20.1 Å². The Labute approximate surface area is 170 Å². The van der Waals surface area contributed by atoms with E-state index in [0.717, 1.165) is 34.9 Å². The van der Waals surface area contributed by atoms with E-state index in [-0.39, 0.29) is 5.82 Å². The molecule has 2 N–H and O–H groups in total. The minimum absolute atomic E-state index is 0.293. The lowest BCUT2D eigenvalue weighted by molar-refractivity contribution is 0.614. The average molecular weight is 398 g/mol. The molecule has 3 aromatic rings. The first-order valence-corrected chi connectivity index (χ1v) is 9.70. The highest BCUT2D eigenvalue weighted by Gasteiger charge is 2.10. The van der Waals surface area contributed by atoms with Crippen LogP contribution in [0.1, 0.15) is 35.3 Å². The molecular formula is C21H28FN7. The van der Waals surface area contributed by atoms with Gasteiger partial charge in [-0.05, 0) is 45.4 Å². The first-order valence-electron chi connectivity index (χ1n) is 9.70. The van der Waals surface area contributed by atoms with Gasteiger partial charge in [0.1, 0.15) is 11.6 Å². The number of guanidine groups is 1. The lowest BCUT2D eigenvalue weighted by Gasteiger charge is -2.12. The molecule has 1 aromatic carbocycles. The second kappa shape index (κ2) is 8.89. The number of aliphatic imine (C=N–C) groups is 1. The maximum Gasteiger partial charge on any atom is 0.191 e. The minimum Gasteiger partial charge on any atom is -0.357 e. The number of imidazole rings is 1. The average Bonchev–Trinajstić information content (AvgIpc) is 3.21. The van der Waals surface area contributed by atoms with Gasteiger partial charge in [-0.15, -0.1) is 0 Å². The molecule has 0 radical (unpaired) electrons. The van der Waals surface area contributed by atoms with Gasteiger partial charge in [-0.2, -0.15) is 5.10 Å². The van der Waals surface area contributed by atoms with Gasteiger partial charge in [-0.25, -0.2) is 14.4 Å². The third kappa shape index (κ3) is 4.64. The molecule has 2 aromatic heterocycles. The summed E-state index contributed by atoms with van der Waals surface area (Å²) >= 11 is 0. The number of rotatable bonds is 6. The van der Waals surface area contributed by atoms with E-state index >= 15 is 0 Å². The topological polar surface area (TPSA) is 72.1 Å². The molecule has 8 heteroatoms. The predicted molar refractivity (Wildman–Crippen MR) is 113 cm³/mol. The highest BCUT2D eigenvalue weighted by Crippen LogP contribution is 2.17. The van der Waals surface area contributed by atoms with Gasteiger partial charge < -0.3 is 15.2 Å². The van der Waals surface area contributed by atoms with Gasteiger partial charge in [0.05, 0.1) is 17.9 Å². The smallest absolute Gasteiger partial charge is 0.191 e. The molecule has 0 atom stereocenters. The summed E-state index contributed by atoms with van der Waals surface area (Å²) in [7, 11) is 1.94. The normalized spacial score (nSPS) is 11.7. The third-order valence-electron chi connectivity index (χ3n) is 4.95. The van der Waals surface area contributed by atoms with Gasteiger partial charge >= 0.3 is 0 Å². The SMILES string of the molecule is CCNC(=NCc1ccc(-n2ccnc2C)c(F)c1)NCc1c(C)nn(C)c1C. The van der Waals surface area contributed by atoms with Crippen molar-refractivity contribution in [2.24, 2.45) is 12.0 Å². The zero-order valence-corrected chi connectivity index (χ0v) is 17.6. The van der Waals surface area contributed by atoms with Crippen LogP contribution in [0.25, 0.3) is 5.69 Å². The standard InChI is InChI=1S/C21H28FN7/c1-6-23-21(26-13-18-14(2)27-28(5)15(18)3)25-12-17-7-8-20(19(22)11-17)29-10-9-24-16(29)4/h7-11H,6,12-13H2,1-5H3,(H2,23,25,26). The quantitative estimate of drug-likeness (QED) is 0.496. The van der Waals surface area contributed by atoms with E-state index in [1.54, 1.807) is 23.0 Å². The lowest BCUT2D eigenvalue weighted by Crippen LogP contribution is -2.37. The maximum atomic E-state index is 14.6. The van der Waals surface area contributed by atoms with Crippen LogP contribution in [0, 0.1) is 26.6 Å². The summed E-state index contributed by atoms with van der Waals surface area (Å²) in [6.07, 6.45) is 3.41. The van der Waals surface area contributed by atoms with Crippen molar-refractivity contribution in [3.63, 3.8) is 0 Å². The monoisotopic (exact) mass is 397 g/mol. The molecule has 0 saturated carbocycles. The van der Waals surface area contributed by atoms with Crippen molar-refractivity contribution in [1.29, 1.82) is 0 Å². The van der Waals surface area contributed by atoms with Crippen LogP contribution in [0.5, 0.6) is 0 Å². The van der Waals surface area contributed by atoms with Crippen LogP contribution in [0.4, 0.5) is 4.39 Å². The molecule has 0 amide bonds. The number of hydrogen-bond donors (Lipinski definition) is 2. The number of hydrogen-bond acceptors (Lipinski definition) is 3. The number of halogens is 1. The Hall–Kier alpha value is -3.16. The van der Waals surface area contributed by atoms with Crippen LogP contribution in [0.2, 0.25) is 0 Å². The Bertz CT molecular complexity index is 1020. The molecule has 2 heterocycles. The molecule has 0 bridgehead atoms. The Kier molecular flexibility index (Phi) is 6.31. The number of aromatic nitrogens is 4. The third-order valence-corrected chi connectivity index (χ3v) is 4.95. The maximum absolute atomic E-state index is 14.6. The summed E-state index contributed by atoms with van der Waals surface area (Å²) < 4.78 is 18.2. The minimum atomic E-state index is -0.293. The fraction of sp³-hybridized carbons (Fsp3) is 0.381. The molecule has 0 fully saturated rings. The number of aryl methyl sites for hydroxylation is 3. The Morgan fingerprint density at radius 3 is 2.59 bits per heavy atom. The Morgan fingerprint density at radius 2 is 2.00 bits per heavy atom. The van der Waals surface area contributed by atoms with E-state index in [1.165, 1.54) is 6.07 Å². The molecule has 0 aliphatic heterocycles. The van der Waals surface area contributed by atoms with Crippen LogP contribution >= 0.6 is 0 Å². The molecule has 3 rings (SSSR count).